The number of carbonyl (C=O) groups is 1. The topological polar surface area (TPSA) is 43.1 Å². The van der Waals surface area contributed by atoms with Crippen molar-refractivity contribution in [1.82, 2.24) is 0 Å². The normalized spacial score (nSPS) is 11.5. The lowest BCUT2D eigenvalue weighted by molar-refractivity contribution is 0.0961. The Bertz CT molecular complexity index is 388. The molecule has 0 amide bonds. The molecule has 0 saturated carbocycles. The number of Topliss-reactive ketones (excluding diaryl/α,β-unsaturated/α-hetero) is 1. The summed E-state index contributed by atoms with van der Waals surface area (Å²) in [6.07, 6.45) is 2.35. The van der Waals surface area contributed by atoms with E-state index in [2.05, 4.69) is 13.8 Å². The summed E-state index contributed by atoms with van der Waals surface area (Å²) >= 11 is 5.86. The van der Waals surface area contributed by atoms with E-state index in [9.17, 15) is 4.79 Å². The van der Waals surface area contributed by atoms with Crippen LogP contribution in [0.25, 0.3) is 0 Å². The van der Waals surface area contributed by atoms with Gasteiger partial charge in [0.2, 0.25) is 0 Å². The molecule has 0 bridgehead atoms. The van der Waals surface area contributed by atoms with E-state index in [4.69, 9.17) is 17.3 Å². The minimum absolute atomic E-state index is 0.128. The fourth-order valence-corrected chi connectivity index (χ4v) is 1.96. The summed E-state index contributed by atoms with van der Waals surface area (Å²) in [4.78, 5) is 12.0. The molecule has 0 fully saturated rings. The third-order valence-corrected chi connectivity index (χ3v) is 3.23. The smallest absolute Gasteiger partial charge is 0.162 e. The molecule has 0 aromatic heterocycles. The van der Waals surface area contributed by atoms with Crippen LogP contribution in [0.2, 0.25) is 5.02 Å². The Morgan fingerprint density at radius 2 is 2.06 bits per heavy atom. The lowest BCUT2D eigenvalue weighted by Crippen LogP contribution is -2.18. The van der Waals surface area contributed by atoms with Crippen molar-refractivity contribution in [2.75, 3.05) is 6.54 Å². The quantitative estimate of drug-likeness (QED) is 0.786. The zero-order valence-corrected chi connectivity index (χ0v) is 11.3. The summed E-state index contributed by atoms with van der Waals surface area (Å²) in [6.45, 7) is 4.95. The van der Waals surface area contributed by atoms with Crippen LogP contribution in [0.3, 0.4) is 0 Å². The minimum Gasteiger partial charge on any atom is -0.330 e. The van der Waals surface area contributed by atoms with Crippen LogP contribution < -0.4 is 5.73 Å². The maximum atomic E-state index is 12.0. The Hall–Kier alpha value is -0.860. The Labute approximate surface area is 108 Å². The van der Waals surface area contributed by atoms with Crippen molar-refractivity contribution in [2.45, 2.75) is 33.1 Å². The highest BCUT2D eigenvalue weighted by Crippen LogP contribution is 2.27. The molecule has 1 rings (SSSR count). The number of carbonyl (C=O) groups excluding carboxylic acids is 1. The number of benzene rings is 1. The van der Waals surface area contributed by atoms with Crippen LogP contribution in [-0.2, 0) is 0 Å². The highest BCUT2D eigenvalue weighted by Gasteiger charge is 2.18. The van der Waals surface area contributed by atoms with Gasteiger partial charge >= 0.3 is 0 Å². The van der Waals surface area contributed by atoms with Crippen LogP contribution in [0.5, 0.6) is 0 Å². The van der Waals surface area contributed by atoms with E-state index < -0.39 is 0 Å². The highest BCUT2D eigenvalue weighted by atomic mass is 35.5. The third kappa shape index (κ3) is 4.88. The van der Waals surface area contributed by atoms with E-state index in [0.29, 0.717) is 23.6 Å². The summed E-state index contributed by atoms with van der Waals surface area (Å²) < 4.78 is 0. The summed E-state index contributed by atoms with van der Waals surface area (Å²) in [7, 11) is 0. The summed E-state index contributed by atoms with van der Waals surface area (Å²) in [5.41, 5.74) is 6.37. The number of halogens is 1. The van der Waals surface area contributed by atoms with Gasteiger partial charge in [-0.25, -0.2) is 0 Å². The Morgan fingerprint density at radius 3 is 2.65 bits per heavy atom. The second kappa shape index (κ2) is 6.18. The van der Waals surface area contributed by atoms with Gasteiger partial charge in [-0.1, -0.05) is 37.6 Å². The number of ketones is 1. The molecule has 0 heterocycles. The lowest BCUT2D eigenvalue weighted by Gasteiger charge is -2.23. The van der Waals surface area contributed by atoms with Crippen LogP contribution in [0, 0.1) is 5.41 Å². The number of hydrogen-bond acceptors (Lipinski definition) is 2. The van der Waals surface area contributed by atoms with Gasteiger partial charge in [-0.2, -0.15) is 0 Å². The first kappa shape index (κ1) is 14.2. The maximum absolute atomic E-state index is 12.0. The van der Waals surface area contributed by atoms with Gasteiger partial charge in [0.1, 0.15) is 0 Å². The first-order valence-corrected chi connectivity index (χ1v) is 6.31. The molecule has 17 heavy (non-hydrogen) atoms. The predicted octanol–water partition coefficient (Wildman–Crippen LogP) is 3.68. The number of nitrogens with two attached hydrogens (primary N) is 1. The fourth-order valence-electron chi connectivity index (χ4n) is 1.77. The van der Waals surface area contributed by atoms with Gasteiger partial charge in [-0.3, -0.25) is 4.79 Å². The molecule has 1 aromatic carbocycles. The number of hydrogen-bond donors (Lipinski definition) is 1. The van der Waals surface area contributed by atoms with Gasteiger partial charge in [-0.05, 0) is 36.9 Å². The van der Waals surface area contributed by atoms with E-state index in [1.165, 1.54) is 0 Å². The van der Waals surface area contributed by atoms with Gasteiger partial charge in [-0.15, -0.1) is 0 Å². The first-order valence-electron chi connectivity index (χ1n) is 5.93. The van der Waals surface area contributed by atoms with Crippen molar-refractivity contribution in [3.05, 3.63) is 34.9 Å². The van der Waals surface area contributed by atoms with Crippen LogP contribution in [-0.4, -0.2) is 12.3 Å². The molecule has 3 heteroatoms. The molecule has 1 aromatic rings. The van der Waals surface area contributed by atoms with Crippen molar-refractivity contribution >= 4 is 17.4 Å². The molecule has 0 aliphatic heterocycles. The number of rotatable bonds is 6. The monoisotopic (exact) mass is 253 g/mol. The molecule has 2 nitrogen and oxygen atoms in total. The summed E-state index contributed by atoms with van der Waals surface area (Å²) in [5.74, 6) is 0.151. The Morgan fingerprint density at radius 1 is 1.35 bits per heavy atom. The molecule has 94 valence electrons. The minimum atomic E-state index is 0.128. The molecule has 0 radical (unpaired) electrons. The van der Waals surface area contributed by atoms with Crippen molar-refractivity contribution in [3.8, 4) is 0 Å². The van der Waals surface area contributed by atoms with E-state index >= 15 is 0 Å². The van der Waals surface area contributed by atoms with Gasteiger partial charge in [0, 0.05) is 17.0 Å². The molecule has 0 aliphatic rings. The van der Waals surface area contributed by atoms with Crippen molar-refractivity contribution in [1.29, 1.82) is 0 Å². The van der Waals surface area contributed by atoms with E-state index in [1.54, 1.807) is 18.2 Å². The Balaban J connectivity index is 2.56. The summed E-state index contributed by atoms with van der Waals surface area (Å²) in [5, 5.41) is 0.608. The average molecular weight is 254 g/mol. The fraction of sp³-hybridized carbons (Fsp3) is 0.500. The molecule has 0 spiro atoms. The predicted molar refractivity (Wildman–Crippen MR) is 72.5 cm³/mol. The van der Waals surface area contributed by atoms with Crippen molar-refractivity contribution in [3.63, 3.8) is 0 Å². The third-order valence-electron chi connectivity index (χ3n) is 3.00. The highest BCUT2D eigenvalue weighted by molar-refractivity contribution is 6.31. The van der Waals surface area contributed by atoms with Gasteiger partial charge in [0.25, 0.3) is 0 Å². The molecule has 2 N–H and O–H groups in total. The molecule has 0 unspecified atom stereocenters. The lowest BCUT2D eigenvalue weighted by atomic mass is 9.83. The van der Waals surface area contributed by atoms with Crippen molar-refractivity contribution < 1.29 is 4.79 Å². The standard InChI is InChI=1S/C14H20ClNO/c1-14(2,8-9-16)7-6-13(17)11-4-3-5-12(15)10-11/h3-5,10H,6-9,16H2,1-2H3. The van der Waals surface area contributed by atoms with E-state index in [0.717, 1.165) is 12.8 Å². The largest absolute Gasteiger partial charge is 0.330 e. The van der Waals surface area contributed by atoms with Crippen LogP contribution >= 0.6 is 11.6 Å². The van der Waals surface area contributed by atoms with Crippen molar-refractivity contribution in [2.24, 2.45) is 11.1 Å². The van der Waals surface area contributed by atoms with Crippen LogP contribution in [0.15, 0.2) is 24.3 Å². The maximum Gasteiger partial charge on any atom is 0.162 e. The Kier molecular flexibility index (Phi) is 5.16. The van der Waals surface area contributed by atoms with Gasteiger partial charge in [0.15, 0.2) is 5.78 Å². The zero-order chi connectivity index (χ0) is 12.9. The van der Waals surface area contributed by atoms with Gasteiger partial charge in [0.05, 0.1) is 0 Å². The zero-order valence-electron chi connectivity index (χ0n) is 10.5. The average Bonchev–Trinajstić information content (AvgIpc) is 2.26. The second-order valence-corrected chi connectivity index (χ2v) is 5.57. The van der Waals surface area contributed by atoms with Crippen LogP contribution in [0.1, 0.15) is 43.5 Å². The van der Waals surface area contributed by atoms with Gasteiger partial charge < -0.3 is 5.73 Å². The first-order chi connectivity index (χ1) is 7.94. The van der Waals surface area contributed by atoms with Crippen LogP contribution in [0.4, 0.5) is 0 Å². The van der Waals surface area contributed by atoms with E-state index in [1.807, 2.05) is 6.07 Å². The molecule has 0 saturated heterocycles. The molecular weight excluding hydrogens is 234 g/mol. The molecule has 0 aliphatic carbocycles. The second-order valence-electron chi connectivity index (χ2n) is 5.14. The summed E-state index contributed by atoms with van der Waals surface area (Å²) in [6, 6.07) is 7.11. The van der Waals surface area contributed by atoms with E-state index in [-0.39, 0.29) is 11.2 Å². The molecular formula is C14H20ClNO. The SMILES string of the molecule is CC(C)(CCN)CCC(=O)c1cccc(Cl)c1. The molecule has 0 atom stereocenters.